The highest BCUT2D eigenvalue weighted by Crippen LogP contribution is 2.48. The van der Waals surface area contributed by atoms with Crippen LogP contribution in [-0.4, -0.2) is 29.1 Å². The Balaban J connectivity index is 1.89. The molecule has 0 saturated heterocycles. The minimum atomic E-state index is -0.772. The minimum absolute atomic E-state index is 0.0930. The molecule has 120 valence electrons. The van der Waals surface area contributed by atoms with E-state index < -0.39 is 11.9 Å². The van der Waals surface area contributed by atoms with Gasteiger partial charge in [0.1, 0.15) is 0 Å². The fraction of sp³-hybridized carbons (Fsp3) is 0.875. The molecule has 5 unspecified atom stereocenters. The third-order valence-electron chi connectivity index (χ3n) is 4.85. The lowest BCUT2D eigenvalue weighted by molar-refractivity contribution is -0.144. The van der Waals surface area contributed by atoms with Crippen molar-refractivity contribution < 1.29 is 14.7 Å². The Bertz CT molecular complexity index is 416. The van der Waals surface area contributed by atoms with Crippen molar-refractivity contribution in [1.29, 1.82) is 0 Å². The predicted molar refractivity (Wildman–Crippen MR) is 80.6 cm³/mol. The van der Waals surface area contributed by atoms with E-state index in [0.717, 1.165) is 25.7 Å². The summed E-state index contributed by atoms with van der Waals surface area (Å²) in [5, 5.41) is 12.3. The van der Waals surface area contributed by atoms with Crippen LogP contribution < -0.4 is 11.1 Å². The smallest absolute Gasteiger partial charge is 0.308 e. The molecule has 0 aromatic carbocycles. The Morgan fingerprint density at radius 1 is 1.29 bits per heavy atom. The van der Waals surface area contributed by atoms with Crippen LogP contribution >= 0.6 is 0 Å². The Hall–Kier alpha value is -1.10. The highest BCUT2D eigenvalue weighted by molar-refractivity contribution is 5.79. The second-order valence-corrected chi connectivity index (χ2v) is 8.02. The summed E-state index contributed by atoms with van der Waals surface area (Å²) in [6.07, 6.45) is 4.01. The second-order valence-electron chi connectivity index (χ2n) is 8.02. The highest BCUT2D eigenvalue weighted by Gasteiger charge is 2.51. The first-order valence-corrected chi connectivity index (χ1v) is 7.95. The monoisotopic (exact) mass is 296 g/mol. The fourth-order valence-electron chi connectivity index (χ4n) is 4.20. The number of amides is 1. The van der Waals surface area contributed by atoms with E-state index in [-0.39, 0.29) is 35.7 Å². The van der Waals surface area contributed by atoms with E-state index in [1.165, 1.54) is 0 Å². The van der Waals surface area contributed by atoms with Gasteiger partial charge in [0.15, 0.2) is 0 Å². The summed E-state index contributed by atoms with van der Waals surface area (Å²) in [6.45, 7) is 6.30. The first-order chi connectivity index (χ1) is 9.67. The number of carboxylic acid groups (broad SMARTS) is 1. The molecule has 21 heavy (non-hydrogen) atoms. The van der Waals surface area contributed by atoms with Crippen molar-refractivity contribution in [2.75, 3.05) is 0 Å². The lowest BCUT2D eigenvalue weighted by atomic mass is 9.84. The van der Waals surface area contributed by atoms with E-state index in [4.69, 9.17) is 5.73 Å². The van der Waals surface area contributed by atoms with E-state index >= 15 is 0 Å². The maximum absolute atomic E-state index is 12.2. The van der Waals surface area contributed by atoms with Crippen LogP contribution in [0.2, 0.25) is 0 Å². The maximum atomic E-state index is 12.2. The molecule has 2 rings (SSSR count). The van der Waals surface area contributed by atoms with Crippen molar-refractivity contribution in [2.24, 2.45) is 28.9 Å². The molecule has 2 fully saturated rings. The van der Waals surface area contributed by atoms with E-state index in [1.54, 1.807) is 0 Å². The summed E-state index contributed by atoms with van der Waals surface area (Å²) in [6, 6.07) is -0.373. The van der Waals surface area contributed by atoms with Gasteiger partial charge >= 0.3 is 5.97 Å². The first-order valence-electron chi connectivity index (χ1n) is 7.95. The number of hydrogen-bond donors (Lipinski definition) is 3. The first kappa shape index (κ1) is 16.3. The van der Waals surface area contributed by atoms with E-state index in [0.29, 0.717) is 5.92 Å². The maximum Gasteiger partial charge on any atom is 0.308 e. The molecule has 0 aromatic rings. The van der Waals surface area contributed by atoms with Crippen LogP contribution in [0.15, 0.2) is 0 Å². The van der Waals surface area contributed by atoms with Gasteiger partial charge in [0.2, 0.25) is 5.91 Å². The molecule has 0 spiro atoms. The molecule has 4 N–H and O–H groups in total. The molecule has 0 radical (unpaired) electrons. The van der Waals surface area contributed by atoms with Crippen LogP contribution in [0.5, 0.6) is 0 Å². The Kier molecular flexibility index (Phi) is 4.61. The number of fused-ring (bicyclic) bond motifs is 2. The summed E-state index contributed by atoms with van der Waals surface area (Å²) in [5.41, 5.74) is 6.12. The molecule has 0 aliphatic heterocycles. The average Bonchev–Trinajstić information content (AvgIpc) is 2.85. The summed E-state index contributed by atoms with van der Waals surface area (Å²) < 4.78 is 0. The summed E-state index contributed by atoms with van der Waals surface area (Å²) >= 11 is 0. The molecule has 2 aliphatic rings. The number of hydrogen-bond acceptors (Lipinski definition) is 3. The Labute approximate surface area is 126 Å². The van der Waals surface area contributed by atoms with Crippen LogP contribution in [0.1, 0.15) is 52.9 Å². The van der Waals surface area contributed by atoms with Crippen LogP contribution in [0, 0.1) is 23.2 Å². The number of nitrogens with two attached hydrogens (primary N) is 1. The topological polar surface area (TPSA) is 92.4 Å². The zero-order valence-corrected chi connectivity index (χ0v) is 13.3. The fourth-order valence-corrected chi connectivity index (χ4v) is 4.20. The summed E-state index contributed by atoms with van der Waals surface area (Å²) in [4.78, 5) is 23.6. The lowest BCUT2D eigenvalue weighted by Gasteiger charge is -2.29. The Morgan fingerprint density at radius 3 is 2.48 bits per heavy atom. The van der Waals surface area contributed by atoms with Crippen LogP contribution in [0.3, 0.4) is 0 Å². The van der Waals surface area contributed by atoms with Gasteiger partial charge in [0.05, 0.1) is 5.92 Å². The predicted octanol–water partition coefficient (Wildman–Crippen LogP) is 1.76. The quantitative estimate of drug-likeness (QED) is 0.720. The molecular weight excluding hydrogens is 268 g/mol. The molecular formula is C16H28N2O3. The second kappa shape index (κ2) is 5.95. The zero-order chi connectivity index (χ0) is 15.8. The molecule has 1 amide bonds. The van der Waals surface area contributed by atoms with E-state index in [1.807, 2.05) is 0 Å². The molecule has 2 aliphatic carbocycles. The summed E-state index contributed by atoms with van der Waals surface area (Å²) in [5.74, 6) is -0.714. The third kappa shape index (κ3) is 3.96. The van der Waals surface area contributed by atoms with Gasteiger partial charge < -0.3 is 16.2 Å². The van der Waals surface area contributed by atoms with E-state index in [9.17, 15) is 14.7 Å². The van der Waals surface area contributed by atoms with Gasteiger partial charge in [0, 0.05) is 18.5 Å². The normalized spacial score (nSPS) is 33.0. The highest BCUT2D eigenvalue weighted by atomic mass is 16.4. The lowest BCUT2D eigenvalue weighted by Crippen LogP contribution is -2.48. The standard InChI is InChI=1S/C16H28N2O3/c1-16(2,3)8-11(17)7-12(19)18-14-10-5-4-9(6-10)13(14)15(20)21/h9-11,13-14H,4-8,17H2,1-3H3,(H,18,19)(H,20,21). The van der Waals surface area contributed by atoms with Gasteiger partial charge in [-0.3, -0.25) is 9.59 Å². The van der Waals surface area contributed by atoms with Gasteiger partial charge in [-0.2, -0.15) is 0 Å². The molecule has 0 aromatic heterocycles. The van der Waals surface area contributed by atoms with Crippen LogP contribution in [0.4, 0.5) is 0 Å². The van der Waals surface area contributed by atoms with Crippen molar-refractivity contribution in [1.82, 2.24) is 5.32 Å². The number of carbonyl (C=O) groups is 2. The van der Waals surface area contributed by atoms with Crippen molar-refractivity contribution >= 4 is 11.9 Å². The van der Waals surface area contributed by atoms with Crippen LogP contribution in [-0.2, 0) is 9.59 Å². The molecule has 2 bridgehead atoms. The molecule has 5 atom stereocenters. The van der Waals surface area contributed by atoms with Crippen LogP contribution in [0.25, 0.3) is 0 Å². The number of aliphatic carboxylic acids is 1. The summed E-state index contributed by atoms with van der Waals surface area (Å²) in [7, 11) is 0. The van der Waals surface area contributed by atoms with Gasteiger partial charge in [-0.25, -0.2) is 0 Å². The number of carbonyl (C=O) groups excluding carboxylic acids is 1. The third-order valence-corrected chi connectivity index (χ3v) is 4.85. The number of nitrogens with one attached hydrogen (secondary N) is 1. The van der Waals surface area contributed by atoms with Crippen molar-refractivity contribution in [3.8, 4) is 0 Å². The van der Waals surface area contributed by atoms with Gasteiger partial charge in [-0.05, 0) is 42.9 Å². The molecule has 5 nitrogen and oxygen atoms in total. The van der Waals surface area contributed by atoms with Gasteiger partial charge in [-0.15, -0.1) is 0 Å². The van der Waals surface area contributed by atoms with E-state index in [2.05, 4.69) is 26.1 Å². The molecule has 2 saturated carbocycles. The largest absolute Gasteiger partial charge is 0.481 e. The van der Waals surface area contributed by atoms with Crippen molar-refractivity contribution in [3.05, 3.63) is 0 Å². The molecule has 5 heteroatoms. The van der Waals surface area contributed by atoms with Gasteiger partial charge in [0.25, 0.3) is 0 Å². The minimum Gasteiger partial charge on any atom is -0.481 e. The number of rotatable bonds is 5. The Morgan fingerprint density at radius 2 is 1.90 bits per heavy atom. The SMILES string of the molecule is CC(C)(C)CC(N)CC(=O)NC1C2CCC(C2)C1C(=O)O. The van der Waals surface area contributed by atoms with Gasteiger partial charge in [-0.1, -0.05) is 20.8 Å². The number of carboxylic acids is 1. The van der Waals surface area contributed by atoms with Crippen molar-refractivity contribution in [2.45, 2.75) is 65.0 Å². The zero-order valence-electron chi connectivity index (χ0n) is 13.3. The van der Waals surface area contributed by atoms with Crippen molar-refractivity contribution in [3.63, 3.8) is 0 Å². The average molecular weight is 296 g/mol. The molecule has 0 heterocycles.